The molecule has 26 heavy (non-hydrogen) atoms. The van der Waals surface area contributed by atoms with Gasteiger partial charge in [-0.1, -0.05) is 0 Å². The summed E-state index contributed by atoms with van der Waals surface area (Å²) in [5, 5.41) is 5.55. The highest BCUT2D eigenvalue weighted by Gasteiger charge is 2.58. The predicted molar refractivity (Wildman–Crippen MR) is 101 cm³/mol. The van der Waals surface area contributed by atoms with Crippen LogP contribution in [0, 0.1) is 17.7 Å². The Hall–Kier alpha value is -1.46. The van der Waals surface area contributed by atoms with Crippen molar-refractivity contribution in [2.24, 2.45) is 11.8 Å². The monoisotopic (exact) mass is 390 g/mol. The number of hydrogen-bond donors (Lipinski definition) is 1. The maximum absolute atomic E-state index is 13.0. The number of carbonyl (C=O) groups excluding carboxylic acids is 1. The van der Waals surface area contributed by atoms with E-state index < -0.39 is 0 Å². The van der Waals surface area contributed by atoms with Gasteiger partial charge in [-0.25, -0.2) is 9.37 Å². The van der Waals surface area contributed by atoms with Crippen LogP contribution in [-0.4, -0.2) is 15.8 Å². The van der Waals surface area contributed by atoms with E-state index in [1.165, 1.54) is 54.9 Å². The summed E-state index contributed by atoms with van der Waals surface area (Å²) in [4.78, 5) is 17.1. The van der Waals surface area contributed by atoms with Gasteiger partial charge < -0.3 is 0 Å². The zero-order valence-electron chi connectivity index (χ0n) is 14.3. The average Bonchev–Trinajstić information content (AvgIpc) is 3.02. The molecule has 0 spiro atoms. The molecule has 2 aromatic rings. The van der Waals surface area contributed by atoms with E-state index in [-0.39, 0.29) is 22.0 Å². The molecule has 0 radical (unpaired) electrons. The Bertz CT molecular complexity index is 851. The Morgan fingerprint density at radius 2 is 1.88 bits per heavy atom. The SMILES string of the molecule is O=C(Nc1nc(C23C[C@@H]4C[C@H](CC(Cl)(C4)C2)C3)cs1)c1ccc(F)cc1. The van der Waals surface area contributed by atoms with Crippen molar-refractivity contribution in [2.45, 2.75) is 48.8 Å². The van der Waals surface area contributed by atoms with Gasteiger partial charge in [-0.3, -0.25) is 10.1 Å². The molecule has 1 aromatic carbocycles. The normalized spacial score (nSPS) is 34.8. The molecule has 6 heteroatoms. The number of thiazole rings is 1. The average molecular weight is 391 g/mol. The second kappa shape index (κ2) is 5.77. The minimum Gasteiger partial charge on any atom is -0.298 e. The van der Waals surface area contributed by atoms with E-state index in [9.17, 15) is 9.18 Å². The summed E-state index contributed by atoms with van der Waals surface area (Å²) in [5.74, 6) is 0.820. The molecule has 1 N–H and O–H groups in total. The highest BCUT2D eigenvalue weighted by Crippen LogP contribution is 2.64. The van der Waals surface area contributed by atoms with E-state index in [4.69, 9.17) is 16.6 Å². The first-order chi connectivity index (χ1) is 12.4. The van der Waals surface area contributed by atoms with Gasteiger partial charge in [0.25, 0.3) is 5.91 Å². The number of rotatable bonds is 3. The largest absolute Gasteiger partial charge is 0.298 e. The zero-order valence-corrected chi connectivity index (χ0v) is 15.9. The summed E-state index contributed by atoms with van der Waals surface area (Å²) in [5.41, 5.74) is 1.61. The van der Waals surface area contributed by atoms with Crippen LogP contribution in [0.15, 0.2) is 29.6 Å². The number of carbonyl (C=O) groups is 1. The lowest BCUT2D eigenvalue weighted by molar-refractivity contribution is 0.00720. The van der Waals surface area contributed by atoms with E-state index in [1.807, 2.05) is 0 Å². The lowest BCUT2D eigenvalue weighted by atomic mass is 9.48. The molecule has 4 aliphatic rings. The number of nitrogens with zero attached hydrogens (tertiary/aromatic N) is 1. The van der Waals surface area contributed by atoms with Crippen LogP contribution in [0.5, 0.6) is 0 Å². The van der Waals surface area contributed by atoms with Crippen LogP contribution in [0.25, 0.3) is 0 Å². The lowest BCUT2D eigenvalue weighted by Crippen LogP contribution is -2.55. The fourth-order valence-corrected chi connectivity index (χ4v) is 7.32. The van der Waals surface area contributed by atoms with Crippen molar-refractivity contribution in [3.63, 3.8) is 0 Å². The van der Waals surface area contributed by atoms with Gasteiger partial charge >= 0.3 is 0 Å². The summed E-state index contributed by atoms with van der Waals surface area (Å²) < 4.78 is 13.0. The number of benzene rings is 1. The van der Waals surface area contributed by atoms with Crippen molar-refractivity contribution in [1.29, 1.82) is 0 Å². The lowest BCUT2D eigenvalue weighted by Gasteiger charge is -2.59. The topological polar surface area (TPSA) is 42.0 Å². The van der Waals surface area contributed by atoms with Crippen LogP contribution in [0.1, 0.15) is 54.6 Å². The van der Waals surface area contributed by atoms with Crippen molar-refractivity contribution < 1.29 is 9.18 Å². The smallest absolute Gasteiger partial charge is 0.257 e. The van der Waals surface area contributed by atoms with Gasteiger partial charge in [0.05, 0.1) is 5.69 Å². The van der Waals surface area contributed by atoms with Crippen LogP contribution in [-0.2, 0) is 5.41 Å². The summed E-state index contributed by atoms with van der Waals surface area (Å²) in [7, 11) is 0. The molecule has 0 aliphatic heterocycles. The molecule has 3 nitrogen and oxygen atoms in total. The van der Waals surface area contributed by atoms with E-state index in [0.29, 0.717) is 22.5 Å². The Labute approximate surface area is 161 Å². The highest BCUT2D eigenvalue weighted by atomic mass is 35.5. The number of alkyl halides is 1. The summed E-state index contributed by atoms with van der Waals surface area (Å²) in [6.45, 7) is 0. The van der Waals surface area contributed by atoms with Crippen molar-refractivity contribution in [3.8, 4) is 0 Å². The molecule has 1 heterocycles. The maximum Gasteiger partial charge on any atom is 0.257 e. The Morgan fingerprint density at radius 1 is 1.19 bits per heavy atom. The number of hydrogen-bond acceptors (Lipinski definition) is 3. The van der Waals surface area contributed by atoms with Crippen LogP contribution in [0.4, 0.5) is 9.52 Å². The number of halogens is 2. The molecule has 0 saturated heterocycles. The Balaban J connectivity index is 1.37. The van der Waals surface area contributed by atoms with Crippen LogP contribution < -0.4 is 5.32 Å². The van der Waals surface area contributed by atoms with Gasteiger partial charge in [0.15, 0.2) is 5.13 Å². The third-order valence-corrected chi connectivity index (χ3v) is 7.56. The van der Waals surface area contributed by atoms with Crippen LogP contribution >= 0.6 is 22.9 Å². The summed E-state index contributed by atoms with van der Waals surface area (Å²) in [6, 6.07) is 5.54. The summed E-state index contributed by atoms with van der Waals surface area (Å²) >= 11 is 8.39. The van der Waals surface area contributed by atoms with E-state index in [0.717, 1.165) is 25.0 Å². The van der Waals surface area contributed by atoms with Crippen molar-refractivity contribution in [3.05, 3.63) is 46.7 Å². The van der Waals surface area contributed by atoms with Gasteiger partial charge in [0.1, 0.15) is 5.82 Å². The van der Waals surface area contributed by atoms with Crippen molar-refractivity contribution >= 4 is 34.0 Å². The second-order valence-corrected chi connectivity index (χ2v) is 10.1. The molecule has 4 saturated carbocycles. The molecule has 1 aromatic heterocycles. The molecule has 136 valence electrons. The Morgan fingerprint density at radius 3 is 2.54 bits per heavy atom. The zero-order chi connectivity index (χ0) is 17.9. The molecule has 0 unspecified atom stereocenters. The standard InChI is InChI=1S/C20H20ClFN2OS/c21-20-8-12-5-13(9-20)7-19(6-12,11-20)16-10-26-18(23-16)24-17(25)14-1-3-15(22)4-2-14/h1-4,10,12-13H,5-9,11H2,(H,23,24,25)/t12-,13-,19?,20?/m0/s1. The molecular formula is C20H20ClFN2OS. The van der Waals surface area contributed by atoms with Gasteiger partial charge in [-0.05, 0) is 74.6 Å². The molecule has 4 bridgehead atoms. The van der Waals surface area contributed by atoms with Gasteiger partial charge in [-0.15, -0.1) is 22.9 Å². The molecule has 4 fully saturated rings. The molecule has 2 atom stereocenters. The number of nitrogens with one attached hydrogen (secondary N) is 1. The Kier molecular flexibility index (Phi) is 3.70. The first-order valence-corrected chi connectivity index (χ1v) is 10.4. The van der Waals surface area contributed by atoms with Gasteiger partial charge in [0.2, 0.25) is 0 Å². The van der Waals surface area contributed by atoms with E-state index >= 15 is 0 Å². The fraction of sp³-hybridized carbons (Fsp3) is 0.500. The number of amides is 1. The van der Waals surface area contributed by atoms with Gasteiger partial charge in [-0.2, -0.15) is 0 Å². The molecular weight excluding hydrogens is 371 g/mol. The van der Waals surface area contributed by atoms with Crippen molar-refractivity contribution in [2.75, 3.05) is 5.32 Å². The molecule has 6 rings (SSSR count). The summed E-state index contributed by atoms with van der Waals surface area (Å²) in [6.07, 6.45) is 6.95. The minimum absolute atomic E-state index is 0.0504. The number of aromatic nitrogens is 1. The third-order valence-electron chi connectivity index (χ3n) is 6.36. The first-order valence-electron chi connectivity index (χ1n) is 9.15. The first kappa shape index (κ1) is 16.7. The molecule has 4 aliphatic carbocycles. The quantitative estimate of drug-likeness (QED) is 0.716. The number of anilines is 1. The minimum atomic E-state index is -0.352. The van der Waals surface area contributed by atoms with Crippen molar-refractivity contribution in [1.82, 2.24) is 4.98 Å². The van der Waals surface area contributed by atoms with Gasteiger partial charge in [0, 0.05) is 21.2 Å². The van der Waals surface area contributed by atoms with Crippen LogP contribution in [0.3, 0.4) is 0 Å². The predicted octanol–water partition coefficient (Wildman–Crippen LogP) is 5.36. The second-order valence-electron chi connectivity index (χ2n) is 8.39. The van der Waals surface area contributed by atoms with E-state index in [2.05, 4.69) is 10.7 Å². The molecule has 1 amide bonds. The fourth-order valence-electron chi connectivity index (χ4n) is 5.80. The maximum atomic E-state index is 13.0. The van der Waals surface area contributed by atoms with E-state index in [1.54, 1.807) is 0 Å². The third kappa shape index (κ3) is 2.76. The highest BCUT2D eigenvalue weighted by molar-refractivity contribution is 7.14. The van der Waals surface area contributed by atoms with Crippen LogP contribution in [0.2, 0.25) is 0 Å².